The molecule has 2 amide bonds. The topological polar surface area (TPSA) is 125 Å². The molecule has 0 aliphatic carbocycles. The van der Waals surface area contributed by atoms with Crippen LogP contribution >= 0.6 is 0 Å². The summed E-state index contributed by atoms with van der Waals surface area (Å²) in [6.45, 7) is -1.56. The van der Waals surface area contributed by atoms with Crippen molar-refractivity contribution in [1.29, 1.82) is 0 Å². The van der Waals surface area contributed by atoms with Gasteiger partial charge in [0.25, 0.3) is 0 Å². The number of alkyl halides is 3. The molecule has 1 rings (SSSR count). The largest absolute Gasteiger partial charge is 0.481 e. The van der Waals surface area contributed by atoms with Crippen LogP contribution in [0.15, 0.2) is 29.2 Å². The van der Waals surface area contributed by atoms with Gasteiger partial charge in [0, 0.05) is 18.7 Å². The molecule has 12 heteroatoms. The van der Waals surface area contributed by atoms with Crippen LogP contribution in [0, 0.1) is 0 Å². The van der Waals surface area contributed by atoms with E-state index in [0.717, 1.165) is 12.1 Å². The number of aliphatic carboxylic acids is 1. The minimum Gasteiger partial charge on any atom is -0.481 e. The molecule has 0 radical (unpaired) electrons. The van der Waals surface area contributed by atoms with Crippen molar-refractivity contribution in [2.45, 2.75) is 23.9 Å². The summed E-state index contributed by atoms with van der Waals surface area (Å²) in [5.74, 6) is -0.988. The number of carbonyl (C=O) groups excluding carboxylic acids is 1. The lowest BCUT2D eigenvalue weighted by Crippen LogP contribution is -2.33. The monoisotopic (exact) mass is 383 g/mol. The lowest BCUT2D eigenvalue weighted by molar-refractivity contribution is -0.137. The molecular weight excluding hydrogens is 367 g/mol. The van der Waals surface area contributed by atoms with Gasteiger partial charge >= 0.3 is 18.2 Å². The summed E-state index contributed by atoms with van der Waals surface area (Å²) in [7, 11) is -4.32. The first kappa shape index (κ1) is 20.7. The number of sulfonamides is 1. The van der Waals surface area contributed by atoms with Crippen molar-refractivity contribution in [2.75, 3.05) is 18.4 Å². The van der Waals surface area contributed by atoms with Crippen LogP contribution < -0.4 is 15.4 Å². The molecule has 0 aliphatic heterocycles. The van der Waals surface area contributed by atoms with Crippen LogP contribution in [0.3, 0.4) is 0 Å². The maximum absolute atomic E-state index is 12.1. The standard InChI is InChI=1S/C13H16F3N3O5S/c14-13(15,16)8-18-25(23,24)10-5-3-9(4-6-10)19-12(22)17-7-1-2-11(20)21/h3-6,18H,1-2,7-8H2,(H,20,21)(H2,17,19,22). The molecule has 0 aliphatic rings. The van der Waals surface area contributed by atoms with E-state index in [9.17, 15) is 31.2 Å². The normalized spacial score (nSPS) is 11.8. The summed E-state index contributed by atoms with van der Waals surface area (Å²) in [6, 6.07) is 3.87. The number of amides is 2. The second-order valence-electron chi connectivity index (χ2n) is 4.84. The number of hydrogen-bond donors (Lipinski definition) is 4. The molecule has 0 atom stereocenters. The highest BCUT2D eigenvalue weighted by Crippen LogP contribution is 2.17. The quantitative estimate of drug-likeness (QED) is 0.507. The Labute approximate surface area is 141 Å². The average Bonchev–Trinajstić information content (AvgIpc) is 2.49. The van der Waals surface area contributed by atoms with E-state index in [0.29, 0.717) is 0 Å². The van der Waals surface area contributed by atoms with Crippen molar-refractivity contribution in [3.63, 3.8) is 0 Å². The molecule has 0 fully saturated rings. The molecule has 140 valence electrons. The molecule has 0 saturated carbocycles. The molecule has 0 spiro atoms. The van der Waals surface area contributed by atoms with Crippen LogP contribution in [-0.2, 0) is 14.8 Å². The zero-order valence-corrected chi connectivity index (χ0v) is 13.6. The second kappa shape index (κ2) is 8.67. The smallest absolute Gasteiger partial charge is 0.402 e. The molecule has 0 unspecified atom stereocenters. The second-order valence-corrected chi connectivity index (χ2v) is 6.61. The summed E-state index contributed by atoms with van der Waals surface area (Å²) in [6.07, 6.45) is -4.53. The number of urea groups is 1. The molecule has 8 nitrogen and oxygen atoms in total. The van der Waals surface area contributed by atoms with E-state index in [1.165, 1.54) is 16.9 Å². The van der Waals surface area contributed by atoms with Gasteiger partial charge in [0.05, 0.1) is 4.90 Å². The molecule has 0 heterocycles. The van der Waals surface area contributed by atoms with Gasteiger partial charge in [0.15, 0.2) is 0 Å². The number of benzene rings is 1. The van der Waals surface area contributed by atoms with Gasteiger partial charge in [-0.15, -0.1) is 0 Å². The summed E-state index contributed by atoms with van der Waals surface area (Å²) >= 11 is 0. The van der Waals surface area contributed by atoms with E-state index in [1.807, 2.05) is 0 Å². The van der Waals surface area contributed by atoms with Crippen LogP contribution in [0.1, 0.15) is 12.8 Å². The third-order valence-corrected chi connectivity index (χ3v) is 4.16. The van der Waals surface area contributed by atoms with Crippen molar-refractivity contribution >= 4 is 27.7 Å². The molecular formula is C13H16F3N3O5S. The first-order chi connectivity index (χ1) is 11.5. The predicted octanol–water partition coefficient (Wildman–Crippen LogP) is 1.51. The molecule has 1 aromatic carbocycles. The van der Waals surface area contributed by atoms with Crippen LogP contribution in [0.5, 0.6) is 0 Å². The number of carboxylic acids is 1. The maximum Gasteiger partial charge on any atom is 0.402 e. The average molecular weight is 383 g/mol. The molecule has 0 aromatic heterocycles. The Kier molecular flexibility index (Phi) is 7.18. The summed E-state index contributed by atoms with van der Waals surface area (Å²) < 4.78 is 61.0. The third kappa shape index (κ3) is 8.35. The van der Waals surface area contributed by atoms with Crippen molar-refractivity contribution < 1.29 is 36.3 Å². The maximum atomic E-state index is 12.1. The van der Waals surface area contributed by atoms with Gasteiger partial charge in [0.1, 0.15) is 6.54 Å². The highest BCUT2D eigenvalue weighted by molar-refractivity contribution is 7.89. The van der Waals surface area contributed by atoms with Crippen LogP contribution in [0.2, 0.25) is 0 Å². The minimum absolute atomic E-state index is 0.0994. The Bertz CT molecular complexity index is 705. The number of nitrogens with one attached hydrogen (secondary N) is 3. The fraction of sp³-hybridized carbons (Fsp3) is 0.385. The first-order valence-corrected chi connectivity index (χ1v) is 8.41. The SMILES string of the molecule is O=C(O)CCCNC(=O)Nc1ccc(S(=O)(=O)NCC(F)(F)F)cc1. The fourth-order valence-electron chi connectivity index (χ4n) is 1.59. The van der Waals surface area contributed by atoms with Crippen molar-refractivity contribution in [1.82, 2.24) is 10.0 Å². The Morgan fingerprint density at radius 2 is 1.72 bits per heavy atom. The van der Waals surface area contributed by atoms with E-state index < -0.39 is 34.7 Å². The zero-order valence-electron chi connectivity index (χ0n) is 12.8. The van der Waals surface area contributed by atoms with E-state index >= 15 is 0 Å². The fourth-order valence-corrected chi connectivity index (χ4v) is 2.61. The number of halogens is 3. The molecule has 0 bridgehead atoms. The van der Waals surface area contributed by atoms with Gasteiger partial charge in [-0.3, -0.25) is 4.79 Å². The molecule has 1 aromatic rings. The van der Waals surface area contributed by atoms with E-state index in [2.05, 4.69) is 10.6 Å². The van der Waals surface area contributed by atoms with E-state index in [-0.39, 0.29) is 30.0 Å². The van der Waals surface area contributed by atoms with E-state index in [1.54, 1.807) is 0 Å². The Hall–Kier alpha value is -2.34. The number of anilines is 1. The van der Waals surface area contributed by atoms with Gasteiger partial charge in [-0.05, 0) is 30.7 Å². The van der Waals surface area contributed by atoms with Gasteiger partial charge in [-0.1, -0.05) is 0 Å². The molecule has 25 heavy (non-hydrogen) atoms. The zero-order chi connectivity index (χ0) is 19.1. The Balaban J connectivity index is 2.55. The van der Waals surface area contributed by atoms with Gasteiger partial charge in [-0.2, -0.15) is 13.2 Å². The van der Waals surface area contributed by atoms with Crippen molar-refractivity contribution in [3.05, 3.63) is 24.3 Å². The van der Waals surface area contributed by atoms with Gasteiger partial charge < -0.3 is 15.7 Å². The Morgan fingerprint density at radius 3 is 2.24 bits per heavy atom. The van der Waals surface area contributed by atoms with Crippen molar-refractivity contribution in [3.8, 4) is 0 Å². The predicted molar refractivity (Wildman–Crippen MR) is 81.6 cm³/mol. The third-order valence-electron chi connectivity index (χ3n) is 2.74. The number of hydrogen-bond acceptors (Lipinski definition) is 4. The lowest BCUT2D eigenvalue weighted by atomic mass is 10.3. The number of rotatable bonds is 8. The number of carbonyl (C=O) groups is 2. The summed E-state index contributed by atoms with van der Waals surface area (Å²) in [4.78, 5) is 21.4. The molecule has 4 N–H and O–H groups in total. The minimum atomic E-state index is -4.67. The van der Waals surface area contributed by atoms with Gasteiger partial charge in [-0.25, -0.2) is 17.9 Å². The first-order valence-electron chi connectivity index (χ1n) is 6.93. The van der Waals surface area contributed by atoms with Gasteiger partial charge in [0.2, 0.25) is 10.0 Å². The van der Waals surface area contributed by atoms with Crippen LogP contribution in [0.4, 0.5) is 23.7 Å². The van der Waals surface area contributed by atoms with Crippen LogP contribution in [0.25, 0.3) is 0 Å². The van der Waals surface area contributed by atoms with Crippen molar-refractivity contribution in [2.24, 2.45) is 0 Å². The Morgan fingerprint density at radius 1 is 1.12 bits per heavy atom. The summed E-state index contributed by atoms with van der Waals surface area (Å²) in [5, 5.41) is 13.2. The summed E-state index contributed by atoms with van der Waals surface area (Å²) in [5.41, 5.74) is 0.213. The highest BCUT2D eigenvalue weighted by atomic mass is 32.2. The highest BCUT2D eigenvalue weighted by Gasteiger charge is 2.30. The van der Waals surface area contributed by atoms with Crippen LogP contribution in [-0.4, -0.2) is 44.8 Å². The number of carboxylic acid groups (broad SMARTS) is 1. The lowest BCUT2D eigenvalue weighted by Gasteiger charge is -2.10. The molecule has 0 saturated heterocycles. The van der Waals surface area contributed by atoms with E-state index in [4.69, 9.17) is 5.11 Å².